The molecule has 0 radical (unpaired) electrons. The van der Waals surface area contributed by atoms with Crippen LogP contribution in [0.15, 0.2) is 24.4 Å². The number of anilines is 2. The molecule has 0 unspecified atom stereocenters. The van der Waals surface area contributed by atoms with Crippen molar-refractivity contribution in [1.29, 1.82) is 0 Å². The first-order valence-electron chi connectivity index (χ1n) is 12.1. The predicted molar refractivity (Wildman–Crippen MR) is 125 cm³/mol. The third-order valence-electron chi connectivity index (χ3n) is 7.67. The predicted octanol–water partition coefficient (Wildman–Crippen LogP) is 4.78. The number of fused-ring (bicyclic) bond motifs is 3. The van der Waals surface area contributed by atoms with Gasteiger partial charge in [-0.3, -0.25) is 0 Å². The molecule has 3 aliphatic rings. The molecule has 1 aromatic carbocycles. The van der Waals surface area contributed by atoms with Crippen LogP contribution in [-0.2, 0) is 6.54 Å². The van der Waals surface area contributed by atoms with Crippen molar-refractivity contribution >= 4 is 23.2 Å². The summed E-state index contributed by atoms with van der Waals surface area (Å²) in [5.74, 6) is -2.32. The summed E-state index contributed by atoms with van der Waals surface area (Å²) in [5.41, 5.74) is 1.10. The Morgan fingerprint density at radius 3 is 2.57 bits per heavy atom. The zero-order valence-electron chi connectivity index (χ0n) is 19.0. The molecule has 6 rings (SSSR count). The summed E-state index contributed by atoms with van der Waals surface area (Å²) in [6.45, 7) is 2.39. The van der Waals surface area contributed by atoms with Crippen LogP contribution >= 0.6 is 11.6 Å². The molecule has 3 aromatic rings. The van der Waals surface area contributed by atoms with Crippen LogP contribution in [-0.4, -0.2) is 44.1 Å². The summed E-state index contributed by atoms with van der Waals surface area (Å²) < 4.78 is 44.0. The van der Waals surface area contributed by atoms with E-state index in [1.54, 1.807) is 10.9 Å². The van der Waals surface area contributed by atoms with Crippen LogP contribution in [0.1, 0.15) is 49.4 Å². The normalized spacial score (nSPS) is 25.9. The number of nitrogens with zero attached hydrogens (tertiary/aromatic N) is 6. The minimum absolute atomic E-state index is 0.129. The van der Waals surface area contributed by atoms with Crippen LogP contribution in [0, 0.1) is 29.3 Å². The van der Waals surface area contributed by atoms with Gasteiger partial charge in [-0.15, -0.1) is 10.2 Å². The monoisotopic (exact) mass is 503 g/mol. The van der Waals surface area contributed by atoms with E-state index >= 15 is 0 Å². The molecule has 2 fully saturated rings. The molecule has 2 aromatic heterocycles. The van der Waals surface area contributed by atoms with Gasteiger partial charge in [0.2, 0.25) is 5.95 Å². The first kappa shape index (κ1) is 22.6. The SMILES string of the molecule is Fc1ccc([C@@H]2CCCCn3nc(N[C@H]4[C@@H]5CC[C@H]4CN(c4cnnc(Cl)c4)C5)nc32)c(F)c1F. The van der Waals surface area contributed by atoms with Gasteiger partial charge in [0.1, 0.15) is 5.82 Å². The second-order valence-electron chi connectivity index (χ2n) is 9.74. The summed E-state index contributed by atoms with van der Waals surface area (Å²) in [7, 11) is 0. The highest BCUT2D eigenvalue weighted by atomic mass is 35.5. The summed E-state index contributed by atoms with van der Waals surface area (Å²) in [6, 6.07) is 4.37. The number of nitrogens with one attached hydrogen (secondary N) is 1. The number of aryl methyl sites for hydroxylation is 1. The molecule has 4 heterocycles. The fraction of sp³-hybridized carbons (Fsp3) is 0.500. The molecule has 4 atom stereocenters. The van der Waals surface area contributed by atoms with Crippen molar-refractivity contribution in [2.45, 2.75) is 50.6 Å². The summed E-state index contributed by atoms with van der Waals surface area (Å²) in [5, 5.41) is 16.4. The topological polar surface area (TPSA) is 71.8 Å². The Morgan fingerprint density at radius 2 is 1.80 bits per heavy atom. The van der Waals surface area contributed by atoms with Crippen LogP contribution in [0.25, 0.3) is 0 Å². The number of aromatic nitrogens is 5. The molecule has 2 bridgehead atoms. The third-order valence-corrected chi connectivity index (χ3v) is 7.85. The van der Waals surface area contributed by atoms with Crippen molar-refractivity contribution in [1.82, 2.24) is 25.0 Å². The van der Waals surface area contributed by atoms with Crippen molar-refractivity contribution in [2.75, 3.05) is 23.3 Å². The van der Waals surface area contributed by atoms with Gasteiger partial charge in [0, 0.05) is 43.2 Å². The van der Waals surface area contributed by atoms with Gasteiger partial charge in [-0.05, 0) is 43.6 Å². The minimum atomic E-state index is -1.44. The number of rotatable bonds is 4. The minimum Gasteiger partial charge on any atom is -0.369 e. The van der Waals surface area contributed by atoms with E-state index in [0.717, 1.165) is 50.5 Å². The smallest absolute Gasteiger partial charge is 0.242 e. The van der Waals surface area contributed by atoms with Crippen LogP contribution in [0.5, 0.6) is 0 Å². The Hall–Kier alpha value is -2.88. The molecule has 1 aliphatic carbocycles. The van der Waals surface area contributed by atoms with Gasteiger partial charge in [-0.25, -0.2) is 17.9 Å². The number of hydrogen-bond acceptors (Lipinski definition) is 6. The highest BCUT2D eigenvalue weighted by Crippen LogP contribution is 2.41. The van der Waals surface area contributed by atoms with Gasteiger partial charge in [0.25, 0.3) is 0 Å². The van der Waals surface area contributed by atoms with Gasteiger partial charge < -0.3 is 10.2 Å². The standard InChI is InChI=1S/C24H25ClF3N7/c25-19-9-15(10-29-32-19)34-11-13-4-5-14(12-34)22(13)30-24-31-23-17(3-1-2-8-35(23)33-24)16-6-7-18(26)21(28)20(16)27/h6-7,9-10,13-14,17,22H,1-5,8,11-12H2,(H,30,33)/t13-,14+,17-,22+/m0/s1. The molecule has 1 N–H and O–H groups in total. The molecule has 0 spiro atoms. The number of piperidine rings is 1. The van der Waals surface area contributed by atoms with Crippen molar-refractivity contribution in [3.8, 4) is 0 Å². The molecule has 7 nitrogen and oxygen atoms in total. The van der Waals surface area contributed by atoms with Gasteiger partial charge >= 0.3 is 0 Å². The lowest BCUT2D eigenvalue weighted by molar-refractivity contribution is 0.376. The Labute approximate surface area is 205 Å². The molecule has 35 heavy (non-hydrogen) atoms. The lowest BCUT2D eigenvalue weighted by Crippen LogP contribution is -2.48. The third kappa shape index (κ3) is 4.11. The lowest BCUT2D eigenvalue weighted by atomic mass is 9.92. The zero-order valence-corrected chi connectivity index (χ0v) is 19.7. The Balaban J connectivity index is 1.24. The maximum Gasteiger partial charge on any atom is 0.242 e. The van der Waals surface area contributed by atoms with Crippen LogP contribution < -0.4 is 10.2 Å². The van der Waals surface area contributed by atoms with E-state index in [1.165, 1.54) is 6.07 Å². The second kappa shape index (κ2) is 8.96. The second-order valence-corrected chi connectivity index (χ2v) is 10.1. The van der Waals surface area contributed by atoms with Gasteiger partial charge in [0.15, 0.2) is 22.6 Å². The molecular formula is C24H25ClF3N7. The molecule has 1 saturated heterocycles. The fourth-order valence-electron chi connectivity index (χ4n) is 6.00. The largest absolute Gasteiger partial charge is 0.369 e. The van der Waals surface area contributed by atoms with Crippen LogP contribution in [0.2, 0.25) is 5.15 Å². The first-order chi connectivity index (χ1) is 17.0. The van der Waals surface area contributed by atoms with Gasteiger partial charge in [-0.2, -0.15) is 10.1 Å². The van der Waals surface area contributed by atoms with E-state index in [0.29, 0.717) is 41.7 Å². The number of benzene rings is 1. The zero-order chi connectivity index (χ0) is 24.1. The van der Waals surface area contributed by atoms with E-state index in [9.17, 15) is 13.2 Å². The van der Waals surface area contributed by atoms with Gasteiger partial charge in [0.05, 0.1) is 11.9 Å². The van der Waals surface area contributed by atoms with Crippen molar-refractivity contribution < 1.29 is 13.2 Å². The quantitative estimate of drug-likeness (QED) is 0.517. The van der Waals surface area contributed by atoms with E-state index in [1.807, 2.05) is 6.07 Å². The highest BCUT2D eigenvalue weighted by Gasteiger charge is 2.43. The molecule has 1 saturated carbocycles. The fourth-order valence-corrected chi connectivity index (χ4v) is 6.16. The Bertz CT molecular complexity index is 1240. The van der Waals surface area contributed by atoms with Crippen molar-refractivity contribution in [2.24, 2.45) is 11.8 Å². The van der Waals surface area contributed by atoms with E-state index in [2.05, 4.69) is 20.4 Å². The van der Waals surface area contributed by atoms with E-state index in [4.69, 9.17) is 21.7 Å². The molecule has 184 valence electrons. The summed E-state index contributed by atoms with van der Waals surface area (Å²) in [6.07, 6.45) is 6.23. The molecular weight excluding hydrogens is 479 g/mol. The Morgan fingerprint density at radius 1 is 1.00 bits per heavy atom. The van der Waals surface area contributed by atoms with E-state index < -0.39 is 23.4 Å². The number of halogens is 4. The number of hydrogen-bond donors (Lipinski definition) is 1. The Kier molecular flexibility index (Phi) is 5.78. The lowest BCUT2D eigenvalue weighted by Gasteiger charge is -2.39. The van der Waals surface area contributed by atoms with E-state index in [-0.39, 0.29) is 11.6 Å². The summed E-state index contributed by atoms with van der Waals surface area (Å²) in [4.78, 5) is 7.05. The van der Waals surface area contributed by atoms with Crippen molar-refractivity contribution in [3.05, 3.63) is 58.4 Å². The van der Waals surface area contributed by atoms with Crippen molar-refractivity contribution in [3.63, 3.8) is 0 Å². The average molecular weight is 504 g/mol. The first-order valence-corrected chi connectivity index (χ1v) is 12.4. The average Bonchev–Trinajstić information content (AvgIpc) is 3.25. The van der Waals surface area contributed by atoms with Crippen LogP contribution in [0.4, 0.5) is 24.8 Å². The molecule has 2 aliphatic heterocycles. The maximum absolute atomic E-state index is 14.7. The van der Waals surface area contributed by atoms with Crippen LogP contribution in [0.3, 0.4) is 0 Å². The highest BCUT2D eigenvalue weighted by molar-refractivity contribution is 6.29. The maximum atomic E-state index is 14.7. The van der Waals surface area contributed by atoms with Gasteiger partial charge in [-0.1, -0.05) is 24.1 Å². The summed E-state index contributed by atoms with van der Waals surface area (Å²) >= 11 is 6.04. The molecule has 0 amide bonds. The molecule has 11 heteroatoms.